The van der Waals surface area contributed by atoms with Crippen molar-refractivity contribution in [2.24, 2.45) is 0 Å². The van der Waals surface area contributed by atoms with Gasteiger partial charge in [-0.15, -0.1) is 0 Å². The van der Waals surface area contributed by atoms with E-state index in [9.17, 15) is 0 Å². The second-order valence-electron chi connectivity index (χ2n) is 15.3. The molecule has 5 nitrogen and oxygen atoms in total. The van der Waals surface area contributed by atoms with Gasteiger partial charge in [0.05, 0.1) is 38.6 Å². The summed E-state index contributed by atoms with van der Waals surface area (Å²) >= 11 is 0. The van der Waals surface area contributed by atoms with E-state index in [0.29, 0.717) is 19.8 Å². The zero-order chi connectivity index (χ0) is 36.9. The van der Waals surface area contributed by atoms with Crippen LogP contribution in [-0.2, 0) is 24.9 Å². The largest absolute Gasteiger partial charge is 0.497 e. The summed E-state index contributed by atoms with van der Waals surface area (Å²) < 4.78 is 32.6. The molecular weight excluding hydrogens is 665 g/mol. The van der Waals surface area contributed by atoms with Crippen molar-refractivity contribution in [1.82, 2.24) is 0 Å². The van der Waals surface area contributed by atoms with Crippen LogP contribution < -0.4 is 15.1 Å². The summed E-state index contributed by atoms with van der Waals surface area (Å²) in [6.45, 7) is 22.3. The van der Waals surface area contributed by atoms with E-state index in [-0.39, 0.29) is 23.4 Å². The summed E-state index contributed by atoms with van der Waals surface area (Å²) in [7, 11) is -2.74. The summed E-state index contributed by atoms with van der Waals surface area (Å²) in [6, 6.07) is 33.2. The van der Waals surface area contributed by atoms with Crippen LogP contribution >= 0.6 is 0 Å². The van der Waals surface area contributed by atoms with Crippen molar-refractivity contribution in [2.45, 2.75) is 122 Å². The van der Waals surface area contributed by atoms with Gasteiger partial charge in [0.25, 0.3) is 8.32 Å². The summed E-state index contributed by atoms with van der Waals surface area (Å²) in [5, 5.41) is 2.56. The van der Waals surface area contributed by atoms with E-state index in [1.165, 1.54) is 21.5 Å². The first kappa shape index (κ1) is 41.0. The normalized spacial score (nSPS) is 18.1. The molecule has 4 rings (SSSR count). The second kappa shape index (κ2) is 19.3. The van der Waals surface area contributed by atoms with Gasteiger partial charge in [0, 0.05) is 6.61 Å². The monoisotopic (exact) mass is 728 g/mol. The molecule has 1 aliphatic heterocycles. The molecular formula is C44H64O5Si2. The van der Waals surface area contributed by atoms with Gasteiger partial charge in [-0.3, -0.25) is 0 Å². The fourth-order valence-electron chi connectivity index (χ4n) is 7.67. The third-order valence-electron chi connectivity index (χ3n) is 10.6. The van der Waals surface area contributed by atoms with Gasteiger partial charge in [0.1, 0.15) is 5.75 Å². The first-order valence-electron chi connectivity index (χ1n) is 19.1. The molecule has 3 aromatic carbocycles. The fraction of sp³-hybridized carbons (Fsp3) is 0.500. The highest BCUT2D eigenvalue weighted by Gasteiger charge is 2.50. The second-order valence-corrected chi connectivity index (χ2v) is 24.3. The molecule has 0 unspecified atom stereocenters. The quantitative estimate of drug-likeness (QED) is 0.0909. The summed E-state index contributed by atoms with van der Waals surface area (Å²) in [5.74, 6) is 0.854. The molecule has 3 atom stereocenters. The molecule has 1 saturated heterocycles. The van der Waals surface area contributed by atoms with Crippen molar-refractivity contribution in [2.75, 3.05) is 20.3 Å². The minimum Gasteiger partial charge on any atom is -0.497 e. The highest BCUT2D eigenvalue weighted by atomic mass is 28.4. The number of rotatable bonds is 19. The summed E-state index contributed by atoms with van der Waals surface area (Å²) in [4.78, 5) is 0. The Bertz CT molecular complexity index is 1450. The van der Waals surface area contributed by atoms with E-state index < -0.39 is 16.6 Å². The Kier molecular flexibility index (Phi) is 15.5. The van der Waals surface area contributed by atoms with Gasteiger partial charge in [-0.05, 0) is 83.8 Å². The maximum absolute atomic E-state index is 7.21. The lowest BCUT2D eigenvalue weighted by Crippen LogP contribution is -2.66. The van der Waals surface area contributed by atoms with Gasteiger partial charge in [-0.1, -0.05) is 138 Å². The minimum absolute atomic E-state index is 0.00416. The Morgan fingerprint density at radius 3 is 2.00 bits per heavy atom. The van der Waals surface area contributed by atoms with E-state index >= 15 is 0 Å². The number of hydrogen-bond acceptors (Lipinski definition) is 5. The molecule has 1 fully saturated rings. The standard InChI is InChI=1S/C44H64O5Si2/c1-10-50(11-2,12-3)49-41(34-46-33-37-23-25-38(45-9)26-24-37)32-36(5)31-40-30-35(4)29-39(48-40)27-28-47-51(44(6,7)8,42-19-15-13-16-20-42)43-21-17-14-18-22-43/h13-26,31,39-41H,4,10-12,27-30,32-34H2,1-3,5-9H3/b36-31+/t39-,40-,41-/m0/s1. The van der Waals surface area contributed by atoms with Crippen molar-refractivity contribution in [3.8, 4) is 5.75 Å². The molecule has 7 heteroatoms. The van der Waals surface area contributed by atoms with Crippen LogP contribution in [0.3, 0.4) is 0 Å². The minimum atomic E-state index is -2.60. The molecule has 0 aliphatic carbocycles. The van der Waals surface area contributed by atoms with Crippen LogP contribution in [0.2, 0.25) is 23.2 Å². The first-order chi connectivity index (χ1) is 24.5. The van der Waals surface area contributed by atoms with Gasteiger partial charge in [-0.25, -0.2) is 0 Å². The van der Waals surface area contributed by atoms with Crippen LogP contribution in [0.1, 0.15) is 79.7 Å². The van der Waals surface area contributed by atoms with Crippen LogP contribution in [0, 0.1) is 0 Å². The Labute approximate surface area is 311 Å². The molecule has 51 heavy (non-hydrogen) atoms. The van der Waals surface area contributed by atoms with Crippen molar-refractivity contribution in [1.29, 1.82) is 0 Å². The maximum Gasteiger partial charge on any atom is 0.261 e. The molecule has 1 aliphatic rings. The topological polar surface area (TPSA) is 46.2 Å². The van der Waals surface area contributed by atoms with Crippen LogP contribution in [0.15, 0.2) is 109 Å². The van der Waals surface area contributed by atoms with Crippen LogP contribution in [0.5, 0.6) is 5.75 Å². The average molecular weight is 729 g/mol. The van der Waals surface area contributed by atoms with Crippen LogP contribution in [0.25, 0.3) is 0 Å². The zero-order valence-corrected chi connectivity index (χ0v) is 34.7. The number of hydrogen-bond donors (Lipinski definition) is 0. The molecule has 0 aromatic heterocycles. The number of ether oxygens (including phenoxy) is 3. The Morgan fingerprint density at radius 2 is 1.47 bits per heavy atom. The zero-order valence-electron chi connectivity index (χ0n) is 32.7. The summed E-state index contributed by atoms with van der Waals surface area (Å²) in [5.41, 5.74) is 3.66. The lowest BCUT2D eigenvalue weighted by Gasteiger charge is -2.43. The summed E-state index contributed by atoms with van der Waals surface area (Å²) in [6.07, 6.45) is 5.76. The SMILES string of the molecule is C=C1C[C@H](CCO[Si](c2ccccc2)(c2ccccc2)C(C)(C)C)O[C@H](/C=C(\C)C[C@@H](COCc2ccc(OC)cc2)O[Si](CC)(CC)CC)C1. The molecule has 0 amide bonds. The van der Waals surface area contributed by atoms with E-state index in [1.807, 2.05) is 12.1 Å². The average Bonchev–Trinajstić information content (AvgIpc) is 3.12. The molecule has 0 saturated carbocycles. The molecule has 0 spiro atoms. The molecule has 1 heterocycles. The van der Waals surface area contributed by atoms with E-state index in [4.69, 9.17) is 23.1 Å². The third-order valence-corrected chi connectivity index (χ3v) is 20.4. The lowest BCUT2D eigenvalue weighted by atomic mass is 9.96. The van der Waals surface area contributed by atoms with Gasteiger partial charge in [-0.2, -0.15) is 0 Å². The van der Waals surface area contributed by atoms with Crippen LogP contribution in [0.4, 0.5) is 0 Å². The molecule has 278 valence electrons. The molecule has 0 radical (unpaired) electrons. The maximum atomic E-state index is 7.21. The predicted octanol–water partition coefficient (Wildman–Crippen LogP) is 10.0. The van der Waals surface area contributed by atoms with E-state index in [0.717, 1.165) is 55.1 Å². The number of benzene rings is 3. The van der Waals surface area contributed by atoms with Crippen molar-refractivity contribution in [3.63, 3.8) is 0 Å². The molecule has 0 N–H and O–H groups in total. The fourth-order valence-corrected chi connectivity index (χ4v) is 15.1. The Hall–Kier alpha value is -2.79. The van der Waals surface area contributed by atoms with Gasteiger partial charge >= 0.3 is 0 Å². The van der Waals surface area contributed by atoms with Crippen molar-refractivity contribution >= 4 is 27.0 Å². The van der Waals surface area contributed by atoms with Crippen LogP contribution in [-0.4, -0.2) is 55.3 Å². The van der Waals surface area contributed by atoms with Gasteiger partial charge < -0.3 is 23.1 Å². The predicted molar refractivity (Wildman–Crippen MR) is 218 cm³/mol. The van der Waals surface area contributed by atoms with Crippen molar-refractivity contribution in [3.05, 3.63) is 114 Å². The smallest absolute Gasteiger partial charge is 0.261 e. The third kappa shape index (κ3) is 11.1. The highest BCUT2D eigenvalue weighted by Crippen LogP contribution is 2.37. The lowest BCUT2D eigenvalue weighted by molar-refractivity contribution is -0.0170. The van der Waals surface area contributed by atoms with E-state index in [1.54, 1.807) is 7.11 Å². The highest BCUT2D eigenvalue weighted by molar-refractivity contribution is 6.99. The van der Waals surface area contributed by atoms with Gasteiger partial charge in [0.2, 0.25) is 0 Å². The molecule has 3 aromatic rings. The van der Waals surface area contributed by atoms with Crippen molar-refractivity contribution < 1.29 is 23.1 Å². The Morgan fingerprint density at radius 1 is 0.882 bits per heavy atom. The Balaban J connectivity index is 1.44. The first-order valence-corrected chi connectivity index (χ1v) is 23.5. The van der Waals surface area contributed by atoms with Gasteiger partial charge in [0.15, 0.2) is 8.32 Å². The molecule has 0 bridgehead atoms. The number of methoxy groups -OCH3 is 1. The van der Waals surface area contributed by atoms with E-state index in [2.05, 4.69) is 134 Å².